The van der Waals surface area contributed by atoms with Gasteiger partial charge in [0.1, 0.15) is 0 Å². The predicted molar refractivity (Wildman–Crippen MR) is 112 cm³/mol. The Hall–Kier alpha value is -2.63. The molecule has 0 N–H and O–H groups in total. The number of carbonyl (C=O) groups excluding carboxylic acids is 1. The zero-order valence-electron chi connectivity index (χ0n) is 15.1. The van der Waals surface area contributed by atoms with Crippen molar-refractivity contribution in [3.8, 4) is 11.3 Å². The fourth-order valence-corrected chi connectivity index (χ4v) is 3.60. The standard InChI is InChI=1S/C21H18Cl2N4O/c22-16-6-7-18(23)17(14-16)21(28)27-12-10-26(11-13-27)20-9-8-19(24-25-20)15-4-2-1-3-5-15/h1-9,14H,10-13H2. The quantitative estimate of drug-likeness (QED) is 0.638. The molecule has 28 heavy (non-hydrogen) atoms. The molecule has 1 aliphatic heterocycles. The molecule has 0 atom stereocenters. The van der Waals surface area contributed by atoms with E-state index < -0.39 is 0 Å². The fourth-order valence-electron chi connectivity index (χ4n) is 3.23. The van der Waals surface area contributed by atoms with Crippen molar-refractivity contribution in [3.63, 3.8) is 0 Å². The molecule has 0 spiro atoms. The minimum absolute atomic E-state index is 0.0994. The Morgan fingerprint density at radius 1 is 0.857 bits per heavy atom. The molecule has 1 saturated heterocycles. The SMILES string of the molecule is O=C(c1cc(Cl)ccc1Cl)N1CCN(c2ccc(-c3ccccc3)nn2)CC1. The van der Waals surface area contributed by atoms with Crippen LogP contribution in [0.2, 0.25) is 10.0 Å². The number of rotatable bonds is 3. The molecule has 3 aromatic rings. The lowest BCUT2D eigenvalue weighted by atomic mass is 10.1. The summed E-state index contributed by atoms with van der Waals surface area (Å²) in [5.41, 5.74) is 2.32. The molecule has 0 unspecified atom stereocenters. The molecule has 0 saturated carbocycles. The second-order valence-electron chi connectivity index (χ2n) is 6.55. The van der Waals surface area contributed by atoms with Crippen molar-refractivity contribution in [1.82, 2.24) is 15.1 Å². The molecule has 0 aliphatic carbocycles. The molecule has 4 rings (SSSR count). The Labute approximate surface area is 173 Å². The molecule has 2 aromatic carbocycles. The zero-order valence-corrected chi connectivity index (χ0v) is 16.6. The number of amides is 1. The van der Waals surface area contributed by atoms with Gasteiger partial charge in [0.25, 0.3) is 5.91 Å². The lowest BCUT2D eigenvalue weighted by Gasteiger charge is -2.35. The number of benzene rings is 2. The Morgan fingerprint density at radius 2 is 1.61 bits per heavy atom. The van der Waals surface area contributed by atoms with E-state index in [4.69, 9.17) is 23.2 Å². The van der Waals surface area contributed by atoms with Gasteiger partial charge in [-0.25, -0.2) is 0 Å². The fraction of sp³-hybridized carbons (Fsp3) is 0.190. The molecule has 1 amide bonds. The molecule has 1 aliphatic rings. The van der Waals surface area contributed by atoms with Gasteiger partial charge in [-0.15, -0.1) is 10.2 Å². The van der Waals surface area contributed by atoms with Crippen LogP contribution in [0.15, 0.2) is 60.7 Å². The number of piperazine rings is 1. The number of hydrogen-bond donors (Lipinski definition) is 0. The monoisotopic (exact) mass is 412 g/mol. The Balaban J connectivity index is 1.41. The van der Waals surface area contributed by atoms with Gasteiger partial charge in [0.05, 0.1) is 16.3 Å². The van der Waals surface area contributed by atoms with Crippen LogP contribution in [0.4, 0.5) is 5.82 Å². The van der Waals surface area contributed by atoms with Crippen LogP contribution in [-0.2, 0) is 0 Å². The topological polar surface area (TPSA) is 49.3 Å². The normalized spacial score (nSPS) is 14.2. The third-order valence-electron chi connectivity index (χ3n) is 4.77. The van der Waals surface area contributed by atoms with Crippen LogP contribution in [0, 0.1) is 0 Å². The van der Waals surface area contributed by atoms with E-state index in [0.29, 0.717) is 41.8 Å². The number of hydrogen-bond acceptors (Lipinski definition) is 4. The van der Waals surface area contributed by atoms with Gasteiger partial charge in [0.2, 0.25) is 0 Å². The number of carbonyl (C=O) groups is 1. The van der Waals surface area contributed by atoms with Gasteiger partial charge in [0, 0.05) is 36.8 Å². The largest absolute Gasteiger partial charge is 0.352 e. The minimum atomic E-state index is -0.0994. The summed E-state index contributed by atoms with van der Waals surface area (Å²) in [7, 11) is 0. The Morgan fingerprint density at radius 3 is 2.29 bits per heavy atom. The number of anilines is 1. The van der Waals surface area contributed by atoms with Crippen molar-refractivity contribution in [3.05, 3.63) is 76.3 Å². The molecule has 0 bridgehead atoms. The summed E-state index contributed by atoms with van der Waals surface area (Å²) >= 11 is 12.2. The summed E-state index contributed by atoms with van der Waals surface area (Å²) in [5.74, 6) is 0.713. The maximum Gasteiger partial charge on any atom is 0.255 e. The molecule has 1 aromatic heterocycles. The van der Waals surface area contributed by atoms with Crippen LogP contribution in [0.25, 0.3) is 11.3 Å². The van der Waals surface area contributed by atoms with Gasteiger partial charge in [-0.2, -0.15) is 0 Å². The first-order valence-electron chi connectivity index (χ1n) is 9.00. The number of nitrogens with zero attached hydrogens (tertiary/aromatic N) is 4. The van der Waals surface area contributed by atoms with Gasteiger partial charge >= 0.3 is 0 Å². The first-order valence-corrected chi connectivity index (χ1v) is 9.76. The Bertz CT molecular complexity index is 971. The van der Waals surface area contributed by atoms with E-state index in [2.05, 4.69) is 15.1 Å². The maximum atomic E-state index is 12.8. The predicted octanol–water partition coefficient (Wildman–Crippen LogP) is 4.41. The van der Waals surface area contributed by atoms with E-state index in [1.807, 2.05) is 42.5 Å². The molecule has 7 heteroatoms. The average molecular weight is 413 g/mol. The van der Waals surface area contributed by atoms with Gasteiger partial charge in [-0.1, -0.05) is 53.5 Å². The van der Waals surface area contributed by atoms with E-state index in [1.54, 1.807) is 23.1 Å². The average Bonchev–Trinajstić information content (AvgIpc) is 2.76. The number of aromatic nitrogens is 2. The molecule has 5 nitrogen and oxygen atoms in total. The van der Waals surface area contributed by atoms with Crippen molar-refractivity contribution in [1.29, 1.82) is 0 Å². The van der Waals surface area contributed by atoms with Gasteiger partial charge in [-0.05, 0) is 30.3 Å². The highest BCUT2D eigenvalue weighted by atomic mass is 35.5. The summed E-state index contributed by atoms with van der Waals surface area (Å²) in [5, 5.41) is 9.63. The van der Waals surface area contributed by atoms with Crippen LogP contribution in [0.1, 0.15) is 10.4 Å². The molecule has 0 radical (unpaired) electrons. The van der Waals surface area contributed by atoms with Crippen molar-refractivity contribution in [2.24, 2.45) is 0 Å². The summed E-state index contributed by atoms with van der Waals surface area (Å²) < 4.78 is 0. The summed E-state index contributed by atoms with van der Waals surface area (Å²) in [6.45, 7) is 2.54. The van der Waals surface area contributed by atoms with Crippen LogP contribution in [0.5, 0.6) is 0 Å². The second kappa shape index (κ2) is 8.17. The molecular weight excluding hydrogens is 395 g/mol. The third-order valence-corrected chi connectivity index (χ3v) is 5.33. The smallest absolute Gasteiger partial charge is 0.255 e. The highest BCUT2D eigenvalue weighted by Gasteiger charge is 2.24. The van der Waals surface area contributed by atoms with E-state index >= 15 is 0 Å². The van der Waals surface area contributed by atoms with Crippen molar-refractivity contribution < 1.29 is 4.79 Å². The van der Waals surface area contributed by atoms with E-state index in [9.17, 15) is 4.79 Å². The number of halogens is 2. The Kier molecular flexibility index (Phi) is 5.46. The third kappa shape index (κ3) is 3.96. The van der Waals surface area contributed by atoms with Crippen molar-refractivity contribution in [2.75, 3.05) is 31.1 Å². The van der Waals surface area contributed by atoms with Crippen LogP contribution < -0.4 is 4.90 Å². The highest BCUT2D eigenvalue weighted by Crippen LogP contribution is 2.24. The molecule has 1 fully saturated rings. The van der Waals surface area contributed by atoms with E-state index in [0.717, 1.165) is 17.1 Å². The minimum Gasteiger partial charge on any atom is -0.352 e. The second-order valence-corrected chi connectivity index (χ2v) is 7.39. The van der Waals surface area contributed by atoms with Gasteiger partial charge < -0.3 is 9.80 Å². The summed E-state index contributed by atoms with van der Waals surface area (Å²) in [6, 6.07) is 18.8. The molecular formula is C21H18Cl2N4O. The first kappa shape index (κ1) is 18.7. The highest BCUT2D eigenvalue weighted by molar-refractivity contribution is 6.35. The van der Waals surface area contributed by atoms with Crippen LogP contribution in [0.3, 0.4) is 0 Å². The molecule has 142 valence electrons. The lowest BCUT2D eigenvalue weighted by molar-refractivity contribution is 0.0746. The van der Waals surface area contributed by atoms with E-state index in [1.165, 1.54) is 0 Å². The first-order chi connectivity index (χ1) is 13.6. The summed E-state index contributed by atoms with van der Waals surface area (Å²) in [6.07, 6.45) is 0. The van der Waals surface area contributed by atoms with Crippen LogP contribution in [-0.4, -0.2) is 47.2 Å². The van der Waals surface area contributed by atoms with Crippen molar-refractivity contribution in [2.45, 2.75) is 0 Å². The van der Waals surface area contributed by atoms with Crippen LogP contribution >= 0.6 is 23.2 Å². The van der Waals surface area contributed by atoms with Crippen molar-refractivity contribution >= 4 is 34.9 Å². The maximum absolute atomic E-state index is 12.8. The summed E-state index contributed by atoms with van der Waals surface area (Å²) in [4.78, 5) is 16.7. The zero-order chi connectivity index (χ0) is 19.5. The van der Waals surface area contributed by atoms with E-state index in [-0.39, 0.29) is 5.91 Å². The van der Waals surface area contributed by atoms with Gasteiger partial charge in [-0.3, -0.25) is 4.79 Å². The molecule has 2 heterocycles. The van der Waals surface area contributed by atoms with Gasteiger partial charge in [0.15, 0.2) is 5.82 Å². The lowest BCUT2D eigenvalue weighted by Crippen LogP contribution is -2.49.